The first-order valence-corrected chi connectivity index (χ1v) is 22.4. The molecule has 3 aliphatic heterocycles. The number of aryl methyl sites for hydroxylation is 2. The first-order chi connectivity index (χ1) is 32.0. The molecule has 66 heavy (non-hydrogen) atoms. The minimum Gasteiger partial charge on any atom is -0.483 e. The number of hydrogen-bond acceptors (Lipinski definition) is 12. The Morgan fingerprint density at radius 3 is 2.21 bits per heavy atom. The average molecular weight is 910 g/mol. The number of nitrogens with zero attached hydrogens (tertiary/aromatic N) is 3. The Kier molecular flexibility index (Phi) is 16.3. The molecule has 0 saturated carbocycles. The summed E-state index contributed by atoms with van der Waals surface area (Å²) in [5.74, 6) is -3.06. The monoisotopic (exact) mass is 909 g/mol. The summed E-state index contributed by atoms with van der Waals surface area (Å²) in [4.78, 5) is 86.7. The maximum Gasteiger partial charge on any atom is 0.266 e. The number of H-pyrrole nitrogens is 1. The molecule has 6 amide bonds. The van der Waals surface area contributed by atoms with Gasteiger partial charge in [-0.2, -0.15) is 0 Å². The number of halogens is 1. The molecule has 3 aromatic carbocycles. The van der Waals surface area contributed by atoms with Crippen molar-refractivity contribution in [3.05, 3.63) is 100 Å². The van der Waals surface area contributed by atoms with Crippen molar-refractivity contribution >= 4 is 41.1 Å². The molecule has 7 rings (SSSR count). The lowest BCUT2D eigenvalue weighted by molar-refractivity contribution is -0.136. The largest absolute Gasteiger partial charge is 0.483 e. The molecule has 4 N–H and O–H groups in total. The Morgan fingerprint density at radius 2 is 1.53 bits per heavy atom. The predicted molar refractivity (Wildman–Crippen MR) is 240 cm³/mol. The van der Waals surface area contributed by atoms with Gasteiger partial charge in [0, 0.05) is 87.5 Å². The summed E-state index contributed by atoms with van der Waals surface area (Å²) in [5, 5.41) is 7.80. The molecule has 0 bridgehead atoms. The number of anilines is 1. The van der Waals surface area contributed by atoms with Crippen molar-refractivity contribution in [2.75, 3.05) is 77.3 Å². The van der Waals surface area contributed by atoms with Gasteiger partial charge >= 0.3 is 0 Å². The Labute approximate surface area is 382 Å². The van der Waals surface area contributed by atoms with Crippen LogP contribution in [0.2, 0.25) is 0 Å². The number of imide groups is 2. The number of hydrogen-bond donors (Lipinski definition) is 4. The molecule has 2 saturated heterocycles. The van der Waals surface area contributed by atoms with Gasteiger partial charge in [0.05, 0.1) is 36.4 Å². The van der Waals surface area contributed by atoms with Crippen molar-refractivity contribution < 1.29 is 52.1 Å². The maximum atomic E-state index is 14.2. The Morgan fingerprint density at radius 1 is 0.818 bits per heavy atom. The van der Waals surface area contributed by atoms with Gasteiger partial charge in [0.15, 0.2) is 6.61 Å². The number of fused-ring (bicyclic) bond motifs is 1. The molecule has 2 fully saturated rings. The van der Waals surface area contributed by atoms with Gasteiger partial charge in [-0.15, -0.1) is 0 Å². The van der Waals surface area contributed by atoms with E-state index in [1.54, 1.807) is 19.3 Å². The van der Waals surface area contributed by atoms with Crippen LogP contribution < -0.4 is 25.6 Å². The number of carbonyl (C=O) groups is 6. The lowest BCUT2D eigenvalue weighted by atomic mass is 9.91. The van der Waals surface area contributed by atoms with Crippen LogP contribution >= 0.6 is 0 Å². The van der Waals surface area contributed by atoms with E-state index in [2.05, 4.69) is 30.8 Å². The van der Waals surface area contributed by atoms with Gasteiger partial charge in [0.2, 0.25) is 11.8 Å². The number of ether oxygens (including phenoxy) is 4. The zero-order valence-corrected chi connectivity index (χ0v) is 37.3. The summed E-state index contributed by atoms with van der Waals surface area (Å²) in [6.45, 7) is 8.07. The van der Waals surface area contributed by atoms with E-state index < -0.39 is 42.2 Å². The highest BCUT2D eigenvalue weighted by molar-refractivity contribution is 6.24. The zero-order chi connectivity index (χ0) is 46.6. The lowest BCUT2D eigenvalue weighted by Gasteiger charge is -2.35. The third kappa shape index (κ3) is 11.7. The fraction of sp³-hybridized carbons (Fsp3) is 0.438. The average Bonchev–Trinajstić information content (AvgIpc) is 3.86. The first-order valence-electron chi connectivity index (χ1n) is 22.4. The van der Waals surface area contributed by atoms with Crippen LogP contribution in [0, 0.1) is 19.7 Å². The fourth-order valence-corrected chi connectivity index (χ4v) is 8.40. The number of aromatic amines is 1. The highest BCUT2D eigenvalue weighted by atomic mass is 19.1. The molecule has 1 aromatic heterocycles. The number of benzene rings is 3. The summed E-state index contributed by atoms with van der Waals surface area (Å²) >= 11 is 0. The summed E-state index contributed by atoms with van der Waals surface area (Å²) in [5.41, 5.74) is 6.14. The van der Waals surface area contributed by atoms with Crippen molar-refractivity contribution in [1.82, 2.24) is 30.8 Å². The number of piperidine rings is 2. The van der Waals surface area contributed by atoms with Crippen LogP contribution in [0.25, 0.3) is 11.1 Å². The number of rotatable bonds is 22. The van der Waals surface area contributed by atoms with Crippen molar-refractivity contribution in [3.63, 3.8) is 0 Å². The minimum atomic E-state index is -1.11. The van der Waals surface area contributed by atoms with Crippen molar-refractivity contribution in [1.29, 1.82) is 0 Å². The van der Waals surface area contributed by atoms with E-state index in [0.717, 1.165) is 59.0 Å². The molecule has 18 heteroatoms. The van der Waals surface area contributed by atoms with Crippen LogP contribution in [0.3, 0.4) is 0 Å². The van der Waals surface area contributed by atoms with Gasteiger partial charge in [0.1, 0.15) is 17.6 Å². The first kappa shape index (κ1) is 47.5. The summed E-state index contributed by atoms with van der Waals surface area (Å²) in [6, 6.07) is 14.1. The van der Waals surface area contributed by atoms with Gasteiger partial charge in [0.25, 0.3) is 23.6 Å². The van der Waals surface area contributed by atoms with E-state index in [9.17, 15) is 33.2 Å². The summed E-state index contributed by atoms with van der Waals surface area (Å²) in [6.07, 6.45) is 4.98. The highest BCUT2D eigenvalue weighted by Crippen LogP contribution is 2.38. The zero-order valence-electron chi connectivity index (χ0n) is 37.3. The summed E-state index contributed by atoms with van der Waals surface area (Å²) < 4.78 is 36.8. The molecule has 4 aromatic rings. The van der Waals surface area contributed by atoms with Gasteiger partial charge < -0.3 is 39.5 Å². The van der Waals surface area contributed by atoms with Crippen LogP contribution in [0.15, 0.2) is 60.9 Å². The number of nitrogens with one attached hydrogen (secondary N) is 4. The topological polar surface area (TPSA) is 211 Å². The molecule has 17 nitrogen and oxygen atoms in total. The van der Waals surface area contributed by atoms with Crippen LogP contribution in [0.1, 0.15) is 92.5 Å². The van der Waals surface area contributed by atoms with Crippen molar-refractivity contribution in [2.45, 2.75) is 64.3 Å². The molecular weight excluding hydrogens is 854 g/mol. The second-order valence-corrected chi connectivity index (χ2v) is 16.4. The smallest absolute Gasteiger partial charge is 0.266 e. The van der Waals surface area contributed by atoms with Gasteiger partial charge in [-0.05, 0) is 93.5 Å². The molecule has 3 aliphatic rings. The number of aromatic nitrogens is 2. The molecule has 0 aliphatic carbocycles. The maximum absolute atomic E-state index is 14.2. The van der Waals surface area contributed by atoms with E-state index in [0.29, 0.717) is 69.5 Å². The van der Waals surface area contributed by atoms with Gasteiger partial charge in [-0.25, -0.2) is 9.37 Å². The van der Waals surface area contributed by atoms with Crippen LogP contribution in [-0.4, -0.2) is 129 Å². The third-order valence-electron chi connectivity index (χ3n) is 11.9. The van der Waals surface area contributed by atoms with Crippen LogP contribution in [0.4, 0.5) is 10.1 Å². The lowest BCUT2D eigenvalue weighted by Crippen LogP contribution is -2.54. The predicted octanol–water partition coefficient (Wildman–Crippen LogP) is 4.37. The second kappa shape index (κ2) is 22.6. The van der Waals surface area contributed by atoms with Gasteiger partial charge in [-0.3, -0.25) is 39.0 Å². The second-order valence-electron chi connectivity index (χ2n) is 16.4. The quantitative estimate of drug-likeness (QED) is 0.0640. The minimum absolute atomic E-state index is 0.00547. The fourth-order valence-electron chi connectivity index (χ4n) is 8.40. The number of carbonyl (C=O) groups excluding carboxylic acids is 6. The molecule has 350 valence electrons. The molecule has 4 heterocycles. The van der Waals surface area contributed by atoms with E-state index in [-0.39, 0.29) is 54.6 Å². The Hall–Kier alpha value is -6.50. The third-order valence-corrected chi connectivity index (χ3v) is 11.9. The van der Waals surface area contributed by atoms with Crippen molar-refractivity contribution in [3.8, 4) is 16.9 Å². The Bertz CT molecular complexity index is 2420. The standard InChI is InChI=1S/C48H56FN7O10/c1-30-26-33(9-11-37(30)49)35-10-8-34(27-39(35)55-18-14-32(15-19-55)44-31(2)52-29-53-44)45(59)51-17-25-65-23-5-21-63-20-4-22-64-24-16-50-42(58)28-66-40-7-3-6-36-43(40)48(62)56(47(36)61)38-12-13-41(57)54-46(38)60/h3,6-11,26-27,29,32,38H,4-5,12-25,28H2,1-2H3,(H,50,58)(H,51,59)(H,52,53)(H,54,57,60). The Balaban J connectivity index is 0.730. The van der Waals surface area contributed by atoms with E-state index in [1.165, 1.54) is 24.3 Å². The van der Waals surface area contributed by atoms with Crippen molar-refractivity contribution in [2.24, 2.45) is 0 Å². The molecule has 1 atom stereocenters. The van der Waals surface area contributed by atoms with E-state index >= 15 is 0 Å². The van der Waals surface area contributed by atoms with Gasteiger partial charge in [-0.1, -0.05) is 18.2 Å². The van der Waals surface area contributed by atoms with Crippen LogP contribution in [-0.2, 0) is 28.6 Å². The molecular formula is C48H56FN7O10. The molecule has 0 radical (unpaired) electrons. The molecule has 1 unspecified atom stereocenters. The van der Waals surface area contributed by atoms with E-state index in [1.807, 2.05) is 31.2 Å². The highest BCUT2D eigenvalue weighted by Gasteiger charge is 2.46. The van der Waals surface area contributed by atoms with E-state index in [4.69, 9.17) is 18.9 Å². The number of imidazole rings is 1. The normalized spacial score (nSPS) is 16.4. The summed E-state index contributed by atoms with van der Waals surface area (Å²) in [7, 11) is 0. The SMILES string of the molecule is Cc1cc(-c2ccc(C(=O)NCCOCCCOCCCOCCNC(=O)COc3cccc4c3C(=O)N(C3CCC(=O)NC3=O)C4=O)cc2N2CCC(c3nc[nH]c3C)CC2)ccc1F. The van der Waals surface area contributed by atoms with Crippen LogP contribution in [0.5, 0.6) is 5.75 Å². The number of amides is 6. The molecule has 0 spiro atoms.